The maximum Gasteiger partial charge on any atom is 0.225 e. The van der Waals surface area contributed by atoms with Gasteiger partial charge in [0.2, 0.25) is 5.91 Å². The Hall–Kier alpha value is -2.69. The number of nitrogens with one attached hydrogen (secondary N) is 1. The van der Waals surface area contributed by atoms with Crippen LogP contribution in [0, 0.1) is 0 Å². The molecule has 5 heteroatoms. The standard InChI is InChI=1S/C21H26N2O3/c1-5-25-19-11-17-16(14-7-9-15(10-8-14)23(3)4)12-21(24)22-18(17)13-20(19)26-6-2/h7-11,13,16H,5-6,12H2,1-4H3,(H,22,24). The van der Waals surface area contributed by atoms with Gasteiger partial charge in [-0.25, -0.2) is 0 Å². The highest BCUT2D eigenvalue weighted by atomic mass is 16.5. The second kappa shape index (κ2) is 7.68. The van der Waals surface area contributed by atoms with Gasteiger partial charge in [0.1, 0.15) is 0 Å². The van der Waals surface area contributed by atoms with Crippen LogP contribution in [0.4, 0.5) is 11.4 Å². The Balaban J connectivity index is 2.04. The van der Waals surface area contributed by atoms with E-state index in [4.69, 9.17) is 9.47 Å². The molecule has 1 aliphatic rings. The minimum atomic E-state index is 0.00449. The molecule has 3 rings (SSSR count). The molecule has 1 unspecified atom stereocenters. The first-order chi connectivity index (χ1) is 12.5. The monoisotopic (exact) mass is 354 g/mol. The number of anilines is 2. The van der Waals surface area contributed by atoms with Crippen LogP contribution in [0.3, 0.4) is 0 Å². The molecule has 0 aromatic heterocycles. The molecule has 1 N–H and O–H groups in total. The number of carbonyl (C=O) groups excluding carboxylic acids is 1. The van der Waals surface area contributed by atoms with Gasteiger partial charge in [-0.15, -0.1) is 0 Å². The predicted octanol–water partition coefficient (Wildman–Crippen LogP) is 4.02. The molecule has 1 amide bonds. The van der Waals surface area contributed by atoms with E-state index in [1.54, 1.807) is 0 Å². The number of hydrogen-bond donors (Lipinski definition) is 1. The van der Waals surface area contributed by atoms with Crippen LogP contribution in [-0.2, 0) is 4.79 Å². The average molecular weight is 354 g/mol. The van der Waals surface area contributed by atoms with Crippen molar-refractivity contribution in [3.8, 4) is 11.5 Å². The molecule has 0 bridgehead atoms. The highest BCUT2D eigenvalue weighted by Crippen LogP contribution is 2.43. The van der Waals surface area contributed by atoms with Crippen molar-refractivity contribution in [2.24, 2.45) is 0 Å². The molecule has 0 saturated carbocycles. The predicted molar refractivity (Wildman–Crippen MR) is 105 cm³/mol. The Bertz CT molecular complexity index is 785. The minimum absolute atomic E-state index is 0.00449. The number of fused-ring (bicyclic) bond motifs is 1. The Morgan fingerprint density at radius 2 is 1.65 bits per heavy atom. The van der Waals surface area contributed by atoms with Crippen LogP contribution in [-0.4, -0.2) is 33.2 Å². The van der Waals surface area contributed by atoms with Crippen LogP contribution in [0.15, 0.2) is 36.4 Å². The van der Waals surface area contributed by atoms with Gasteiger partial charge < -0.3 is 19.7 Å². The van der Waals surface area contributed by atoms with Crippen LogP contribution in [0.2, 0.25) is 0 Å². The number of ether oxygens (including phenoxy) is 2. The lowest BCUT2D eigenvalue weighted by Crippen LogP contribution is -2.24. The molecule has 2 aromatic rings. The Morgan fingerprint density at radius 3 is 2.23 bits per heavy atom. The summed E-state index contributed by atoms with van der Waals surface area (Å²) in [7, 11) is 4.03. The van der Waals surface area contributed by atoms with Gasteiger partial charge in [-0.1, -0.05) is 12.1 Å². The third kappa shape index (κ3) is 3.62. The summed E-state index contributed by atoms with van der Waals surface area (Å²) in [5.41, 5.74) is 4.12. The van der Waals surface area contributed by atoms with E-state index >= 15 is 0 Å². The third-order valence-electron chi connectivity index (χ3n) is 4.57. The molecule has 1 atom stereocenters. The van der Waals surface area contributed by atoms with Gasteiger partial charge in [-0.3, -0.25) is 4.79 Å². The van der Waals surface area contributed by atoms with Gasteiger partial charge in [0.05, 0.1) is 13.2 Å². The molecule has 26 heavy (non-hydrogen) atoms. The van der Waals surface area contributed by atoms with E-state index in [0.717, 1.165) is 28.3 Å². The Morgan fingerprint density at radius 1 is 1.04 bits per heavy atom. The van der Waals surface area contributed by atoms with Crippen LogP contribution in [0.1, 0.15) is 37.3 Å². The van der Waals surface area contributed by atoms with E-state index < -0.39 is 0 Å². The van der Waals surface area contributed by atoms with Crippen molar-refractivity contribution in [1.82, 2.24) is 0 Å². The lowest BCUT2D eigenvalue weighted by atomic mass is 9.84. The van der Waals surface area contributed by atoms with Gasteiger partial charge in [-0.05, 0) is 43.2 Å². The molecular formula is C21H26N2O3. The summed E-state index contributed by atoms with van der Waals surface area (Å²) in [6, 6.07) is 12.2. The lowest BCUT2D eigenvalue weighted by molar-refractivity contribution is -0.116. The molecule has 1 aliphatic heterocycles. The zero-order valence-corrected chi connectivity index (χ0v) is 15.8. The highest BCUT2D eigenvalue weighted by molar-refractivity contribution is 5.96. The van der Waals surface area contributed by atoms with Crippen molar-refractivity contribution in [2.75, 3.05) is 37.5 Å². The zero-order valence-electron chi connectivity index (χ0n) is 15.8. The van der Waals surface area contributed by atoms with Crippen molar-refractivity contribution in [1.29, 1.82) is 0 Å². The lowest BCUT2D eigenvalue weighted by Gasteiger charge is -2.28. The van der Waals surface area contributed by atoms with E-state index in [2.05, 4.69) is 34.5 Å². The fourth-order valence-corrected chi connectivity index (χ4v) is 3.31. The molecule has 0 saturated heterocycles. The normalized spacial score (nSPS) is 15.8. The third-order valence-corrected chi connectivity index (χ3v) is 4.57. The van der Waals surface area contributed by atoms with E-state index in [1.165, 1.54) is 0 Å². The summed E-state index contributed by atoms with van der Waals surface area (Å²) in [4.78, 5) is 14.3. The number of hydrogen-bond acceptors (Lipinski definition) is 4. The fourth-order valence-electron chi connectivity index (χ4n) is 3.31. The van der Waals surface area contributed by atoms with Crippen molar-refractivity contribution in [3.05, 3.63) is 47.5 Å². The number of amides is 1. The van der Waals surface area contributed by atoms with E-state index in [9.17, 15) is 4.79 Å². The summed E-state index contributed by atoms with van der Waals surface area (Å²) in [5.74, 6) is 1.41. The van der Waals surface area contributed by atoms with Gasteiger partial charge in [-0.2, -0.15) is 0 Å². The summed E-state index contributed by atoms with van der Waals surface area (Å²) >= 11 is 0. The Kier molecular flexibility index (Phi) is 5.35. The van der Waals surface area contributed by atoms with Crippen molar-refractivity contribution in [2.45, 2.75) is 26.2 Å². The van der Waals surface area contributed by atoms with Gasteiger partial charge in [0.15, 0.2) is 11.5 Å². The highest BCUT2D eigenvalue weighted by Gasteiger charge is 2.28. The molecule has 0 fully saturated rings. The quantitative estimate of drug-likeness (QED) is 0.851. The van der Waals surface area contributed by atoms with Crippen LogP contribution in [0.5, 0.6) is 11.5 Å². The first-order valence-corrected chi connectivity index (χ1v) is 9.04. The molecule has 2 aromatic carbocycles. The topological polar surface area (TPSA) is 50.8 Å². The second-order valence-corrected chi connectivity index (χ2v) is 6.54. The molecule has 138 valence electrons. The molecule has 1 heterocycles. The number of nitrogens with zero attached hydrogens (tertiary/aromatic N) is 1. The van der Waals surface area contributed by atoms with Crippen molar-refractivity contribution >= 4 is 17.3 Å². The second-order valence-electron chi connectivity index (χ2n) is 6.54. The number of benzene rings is 2. The van der Waals surface area contributed by atoms with Crippen molar-refractivity contribution in [3.63, 3.8) is 0 Å². The first-order valence-electron chi connectivity index (χ1n) is 9.04. The first kappa shape index (κ1) is 18.1. The maximum atomic E-state index is 12.3. The van der Waals surface area contributed by atoms with E-state index in [0.29, 0.717) is 25.4 Å². The van der Waals surface area contributed by atoms with Crippen molar-refractivity contribution < 1.29 is 14.3 Å². The molecule has 0 spiro atoms. The minimum Gasteiger partial charge on any atom is -0.490 e. The van der Waals surface area contributed by atoms with Gasteiger partial charge in [0, 0.05) is 43.9 Å². The molecule has 0 radical (unpaired) electrons. The van der Waals surface area contributed by atoms with Gasteiger partial charge in [0.25, 0.3) is 0 Å². The largest absolute Gasteiger partial charge is 0.490 e. The smallest absolute Gasteiger partial charge is 0.225 e. The Labute approximate surface area is 154 Å². The molecule has 0 aliphatic carbocycles. The van der Waals surface area contributed by atoms with Crippen LogP contribution in [0.25, 0.3) is 0 Å². The molecular weight excluding hydrogens is 328 g/mol. The van der Waals surface area contributed by atoms with Gasteiger partial charge >= 0.3 is 0 Å². The zero-order chi connectivity index (χ0) is 18.7. The number of carbonyl (C=O) groups is 1. The summed E-state index contributed by atoms with van der Waals surface area (Å²) < 4.78 is 11.5. The SMILES string of the molecule is CCOc1cc2c(cc1OCC)C(c1ccc(N(C)C)cc1)CC(=O)N2. The summed E-state index contributed by atoms with van der Waals surface area (Å²) in [6.45, 7) is 4.99. The average Bonchev–Trinajstić information content (AvgIpc) is 2.62. The van der Waals surface area contributed by atoms with E-state index in [1.807, 2.05) is 40.1 Å². The van der Waals surface area contributed by atoms with E-state index in [-0.39, 0.29) is 11.8 Å². The molecule has 5 nitrogen and oxygen atoms in total. The van der Waals surface area contributed by atoms with Crippen LogP contribution >= 0.6 is 0 Å². The fraction of sp³-hybridized carbons (Fsp3) is 0.381. The maximum absolute atomic E-state index is 12.3. The summed E-state index contributed by atoms with van der Waals surface area (Å²) in [5, 5.41) is 2.97. The summed E-state index contributed by atoms with van der Waals surface area (Å²) in [6.07, 6.45) is 0.424. The number of rotatable bonds is 6. The van der Waals surface area contributed by atoms with Crippen LogP contribution < -0.4 is 19.7 Å².